The van der Waals surface area contributed by atoms with Crippen LogP contribution in [0.15, 0.2) is 24.4 Å². The Morgan fingerprint density at radius 1 is 1.38 bits per heavy atom. The minimum Gasteiger partial charge on any atom is -0.306 e. The molecule has 72 valence electrons. The Kier molecular flexibility index (Phi) is 3.43. The Morgan fingerprint density at radius 2 is 2.15 bits per heavy atom. The summed E-state index contributed by atoms with van der Waals surface area (Å²) in [6.45, 7) is 7.44. The van der Waals surface area contributed by atoms with E-state index < -0.39 is 0 Å². The number of aromatic nitrogens is 1. The molecule has 0 aromatic carbocycles. The summed E-state index contributed by atoms with van der Waals surface area (Å²) in [5.74, 6) is 0. The Balaban J connectivity index is 2.44. The second-order valence-corrected chi connectivity index (χ2v) is 3.91. The maximum atomic E-state index is 4.25. The van der Waals surface area contributed by atoms with Crippen LogP contribution in [0.1, 0.15) is 32.9 Å². The van der Waals surface area contributed by atoms with Gasteiger partial charge in [0.05, 0.1) is 5.69 Å². The number of pyridine rings is 1. The highest BCUT2D eigenvalue weighted by atomic mass is 15.0. The third-order valence-corrected chi connectivity index (χ3v) is 2.36. The molecule has 0 spiro atoms. The summed E-state index contributed by atoms with van der Waals surface area (Å²) in [4.78, 5) is 4.25. The van der Waals surface area contributed by atoms with E-state index in [1.807, 2.05) is 24.4 Å². The maximum Gasteiger partial charge on any atom is 0.0541 e. The topological polar surface area (TPSA) is 24.9 Å². The van der Waals surface area contributed by atoms with Crippen molar-refractivity contribution in [2.45, 2.75) is 39.3 Å². The molecule has 0 fully saturated rings. The van der Waals surface area contributed by atoms with Gasteiger partial charge >= 0.3 is 0 Å². The van der Waals surface area contributed by atoms with Gasteiger partial charge in [-0.3, -0.25) is 4.98 Å². The minimum absolute atomic E-state index is 0.206. The molecule has 0 radical (unpaired) electrons. The van der Waals surface area contributed by atoms with Crippen molar-refractivity contribution in [2.24, 2.45) is 0 Å². The summed E-state index contributed by atoms with van der Waals surface area (Å²) in [6, 6.07) is 6.00. The first kappa shape index (κ1) is 10.2. The predicted octanol–water partition coefficient (Wildman–Crippen LogP) is 2.36. The highest BCUT2D eigenvalue weighted by Crippen LogP contribution is 2.07. The lowest BCUT2D eigenvalue weighted by Crippen LogP contribution is -2.37. The van der Waals surface area contributed by atoms with Crippen molar-refractivity contribution >= 4 is 0 Å². The van der Waals surface area contributed by atoms with Crippen molar-refractivity contribution in [3.05, 3.63) is 30.1 Å². The van der Waals surface area contributed by atoms with Gasteiger partial charge in [-0.15, -0.1) is 0 Å². The summed E-state index contributed by atoms with van der Waals surface area (Å²) in [5, 5.41) is 3.46. The zero-order chi connectivity index (χ0) is 9.73. The lowest BCUT2D eigenvalue weighted by molar-refractivity contribution is 0.372. The van der Waals surface area contributed by atoms with E-state index in [9.17, 15) is 0 Å². The van der Waals surface area contributed by atoms with Gasteiger partial charge in [0.2, 0.25) is 0 Å². The van der Waals surface area contributed by atoms with Gasteiger partial charge < -0.3 is 5.32 Å². The molecule has 0 aliphatic carbocycles. The van der Waals surface area contributed by atoms with Gasteiger partial charge in [0.15, 0.2) is 0 Å². The van der Waals surface area contributed by atoms with Gasteiger partial charge in [-0.05, 0) is 32.4 Å². The first-order valence-corrected chi connectivity index (χ1v) is 4.79. The molecule has 0 saturated carbocycles. The average molecular weight is 178 g/mol. The molecule has 0 amide bonds. The summed E-state index contributed by atoms with van der Waals surface area (Å²) in [6.07, 6.45) is 2.95. The number of nitrogens with zero attached hydrogens (tertiary/aromatic N) is 1. The smallest absolute Gasteiger partial charge is 0.0541 e. The van der Waals surface area contributed by atoms with Gasteiger partial charge in [0.1, 0.15) is 0 Å². The van der Waals surface area contributed by atoms with Crippen molar-refractivity contribution in [1.29, 1.82) is 0 Å². The fraction of sp³-hybridized carbons (Fsp3) is 0.545. The predicted molar refractivity (Wildman–Crippen MR) is 55.4 cm³/mol. The van der Waals surface area contributed by atoms with E-state index in [2.05, 4.69) is 31.1 Å². The third-order valence-electron chi connectivity index (χ3n) is 2.36. The largest absolute Gasteiger partial charge is 0.306 e. The SMILES string of the molecule is CCC(C)(C)NCc1ccccn1. The van der Waals surface area contributed by atoms with E-state index in [-0.39, 0.29) is 5.54 Å². The summed E-state index contributed by atoms with van der Waals surface area (Å²) in [5.41, 5.74) is 1.31. The van der Waals surface area contributed by atoms with Crippen LogP contribution < -0.4 is 5.32 Å². The molecule has 0 aliphatic rings. The number of hydrogen-bond acceptors (Lipinski definition) is 2. The molecule has 1 heterocycles. The lowest BCUT2D eigenvalue weighted by Gasteiger charge is -2.24. The van der Waals surface area contributed by atoms with Crippen LogP contribution in [-0.2, 0) is 6.54 Å². The maximum absolute atomic E-state index is 4.25. The molecule has 1 aromatic rings. The normalized spacial score (nSPS) is 11.6. The van der Waals surface area contributed by atoms with Crippen molar-refractivity contribution in [2.75, 3.05) is 0 Å². The van der Waals surface area contributed by atoms with Gasteiger partial charge in [0, 0.05) is 18.3 Å². The van der Waals surface area contributed by atoms with E-state index in [1.165, 1.54) is 0 Å². The second kappa shape index (κ2) is 4.38. The standard InChI is InChI=1S/C11H18N2/c1-4-11(2,3)13-9-10-7-5-6-8-12-10/h5-8,13H,4,9H2,1-3H3. The van der Waals surface area contributed by atoms with Crippen LogP contribution in [0.25, 0.3) is 0 Å². The van der Waals surface area contributed by atoms with Gasteiger partial charge in [-0.2, -0.15) is 0 Å². The molecule has 0 unspecified atom stereocenters. The molecule has 1 N–H and O–H groups in total. The first-order valence-electron chi connectivity index (χ1n) is 4.79. The van der Waals surface area contributed by atoms with Crippen LogP contribution >= 0.6 is 0 Å². The van der Waals surface area contributed by atoms with Crippen LogP contribution in [0.2, 0.25) is 0 Å². The van der Waals surface area contributed by atoms with E-state index in [0.29, 0.717) is 0 Å². The quantitative estimate of drug-likeness (QED) is 0.765. The number of nitrogens with one attached hydrogen (secondary N) is 1. The van der Waals surface area contributed by atoms with Crippen molar-refractivity contribution < 1.29 is 0 Å². The van der Waals surface area contributed by atoms with Gasteiger partial charge in [-0.25, -0.2) is 0 Å². The van der Waals surface area contributed by atoms with Gasteiger partial charge in [-0.1, -0.05) is 13.0 Å². The van der Waals surface area contributed by atoms with Crippen molar-refractivity contribution in [3.8, 4) is 0 Å². The fourth-order valence-corrected chi connectivity index (χ4v) is 0.958. The molecular formula is C11H18N2. The van der Waals surface area contributed by atoms with Crippen molar-refractivity contribution in [3.63, 3.8) is 0 Å². The Hall–Kier alpha value is -0.890. The number of rotatable bonds is 4. The average Bonchev–Trinajstić information content (AvgIpc) is 2.17. The fourth-order valence-electron chi connectivity index (χ4n) is 0.958. The molecule has 0 atom stereocenters. The van der Waals surface area contributed by atoms with Crippen LogP contribution in [0.5, 0.6) is 0 Å². The van der Waals surface area contributed by atoms with Crippen LogP contribution in [0, 0.1) is 0 Å². The van der Waals surface area contributed by atoms with Crippen LogP contribution in [-0.4, -0.2) is 10.5 Å². The second-order valence-electron chi connectivity index (χ2n) is 3.91. The van der Waals surface area contributed by atoms with E-state index in [0.717, 1.165) is 18.7 Å². The molecule has 1 rings (SSSR count). The molecule has 2 heteroatoms. The van der Waals surface area contributed by atoms with E-state index in [4.69, 9.17) is 0 Å². The minimum atomic E-state index is 0.206. The lowest BCUT2D eigenvalue weighted by atomic mass is 10.0. The highest BCUT2D eigenvalue weighted by molar-refractivity contribution is 5.03. The Morgan fingerprint density at radius 3 is 2.69 bits per heavy atom. The molecule has 13 heavy (non-hydrogen) atoms. The molecule has 0 aliphatic heterocycles. The zero-order valence-corrected chi connectivity index (χ0v) is 8.67. The zero-order valence-electron chi connectivity index (χ0n) is 8.67. The van der Waals surface area contributed by atoms with Crippen molar-refractivity contribution in [1.82, 2.24) is 10.3 Å². The Bertz CT molecular complexity index is 242. The highest BCUT2D eigenvalue weighted by Gasteiger charge is 2.13. The number of hydrogen-bond donors (Lipinski definition) is 1. The third kappa shape index (κ3) is 3.55. The van der Waals surface area contributed by atoms with E-state index >= 15 is 0 Å². The molecular weight excluding hydrogens is 160 g/mol. The van der Waals surface area contributed by atoms with E-state index in [1.54, 1.807) is 0 Å². The van der Waals surface area contributed by atoms with Gasteiger partial charge in [0.25, 0.3) is 0 Å². The summed E-state index contributed by atoms with van der Waals surface area (Å²) >= 11 is 0. The van der Waals surface area contributed by atoms with Crippen LogP contribution in [0.3, 0.4) is 0 Å². The monoisotopic (exact) mass is 178 g/mol. The summed E-state index contributed by atoms with van der Waals surface area (Å²) < 4.78 is 0. The summed E-state index contributed by atoms with van der Waals surface area (Å²) in [7, 11) is 0. The Labute approximate surface area is 80.4 Å². The van der Waals surface area contributed by atoms with Crippen LogP contribution in [0.4, 0.5) is 0 Å². The molecule has 0 saturated heterocycles. The molecule has 1 aromatic heterocycles. The molecule has 0 bridgehead atoms. The molecule has 2 nitrogen and oxygen atoms in total. The first-order chi connectivity index (χ1) is 6.14.